The molecule has 2 heterocycles. The number of anilines is 1. The number of halogens is 1. The molecule has 2 aromatic rings. The van der Waals surface area contributed by atoms with Crippen molar-refractivity contribution in [1.29, 1.82) is 5.26 Å². The number of nitrogens with one attached hydrogen (secondary N) is 1. The number of hydrogen-bond donors (Lipinski definition) is 1. The second-order valence-corrected chi connectivity index (χ2v) is 6.79. The average molecular weight is 371 g/mol. The third-order valence-electron chi connectivity index (χ3n) is 3.70. The maximum Gasteiger partial charge on any atom is 0.265 e. The summed E-state index contributed by atoms with van der Waals surface area (Å²) in [5, 5.41) is 11.9. The highest BCUT2D eigenvalue weighted by molar-refractivity contribution is 8.05. The predicted octanol–water partition coefficient (Wildman–Crippen LogP) is 2.94. The molecule has 0 saturated carbocycles. The van der Waals surface area contributed by atoms with Crippen LogP contribution in [0.5, 0.6) is 0 Å². The van der Waals surface area contributed by atoms with Gasteiger partial charge in [-0.3, -0.25) is 14.5 Å². The first-order valence-electron chi connectivity index (χ1n) is 7.72. The Morgan fingerprint density at radius 3 is 2.73 bits per heavy atom. The molecule has 0 spiro atoms. The fourth-order valence-electron chi connectivity index (χ4n) is 2.42. The summed E-state index contributed by atoms with van der Waals surface area (Å²) in [5.74, 6) is -0.786. The van der Waals surface area contributed by atoms with E-state index in [2.05, 4.69) is 5.32 Å². The van der Waals surface area contributed by atoms with Crippen LogP contribution in [0, 0.1) is 17.1 Å². The first kappa shape index (κ1) is 17.8. The van der Waals surface area contributed by atoms with Crippen molar-refractivity contribution in [3.8, 4) is 6.07 Å². The van der Waals surface area contributed by atoms with Gasteiger partial charge in [-0.05, 0) is 43.3 Å². The van der Waals surface area contributed by atoms with Gasteiger partial charge < -0.3 is 9.73 Å². The van der Waals surface area contributed by atoms with E-state index in [9.17, 15) is 19.2 Å². The van der Waals surface area contributed by atoms with Crippen LogP contribution < -0.4 is 10.2 Å². The Morgan fingerprint density at radius 2 is 2.12 bits per heavy atom. The average Bonchev–Trinajstić information content (AvgIpc) is 3.24. The van der Waals surface area contributed by atoms with E-state index in [1.807, 2.05) is 6.07 Å². The van der Waals surface area contributed by atoms with E-state index in [0.717, 1.165) is 11.8 Å². The van der Waals surface area contributed by atoms with Crippen LogP contribution in [-0.4, -0.2) is 17.1 Å². The number of carbonyl (C=O) groups excluding carboxylic acids is 2. The number of benzene rings is 1. The highest BCUT2D eigenvalue weighted by Gasteiger charge is 2.38. The summed E-state index contributed by atoms with van der Waals surface area (Å²) in [4.78, 5) is 26.2. The largest absolute Gasteiger partial charge is 0.467 e. The first-order valence-corrected chi connectivity index (χ1v) is 8.60. The summed E-state index contributed by atoms with van der Waals surface area (Å²) in [5.41, 5.74) is 0.221. The van der Waals surface area contributed by atoms with E-state index in [-0.39, 0.29) is 23.1 Å². The number of rotatable bonds is 4. The lowest BCUT2D eigenvalue weighted by Crippen LogP contribution is -2.30. The van der Waals surface area contributed by atoms with Crippen LogP contribution in [0.25, 0.3) is 0 Å². The number of thioether (sulfide) groups is 1. The Hall–Kier alpha value is -3.05. The van der Waals surface area contributed by atoms with Gasteiger partial charge in [0, 0.05) is 5.69 Å². The zero-order valence-corrected chi connectivity index (χ0v) is 14.5. The van der Waals surface area contributed by atoms with Crippen LogP contribution in [0.2, 0.25) is 0 Å². The Kier molecular flexibility index (Phi) is 5.09. The minimum Gasteiger partial charge on any atom is -0.467 e. The van der Waals surface area contributed by atoms with E-state index < -0.39 is 17.0 Å². The van der Waals surface area contributed by atoms with E-state index >= 15 is 0 Å². The molecule has 1 fully saturated rings. The maximum atomic E-state index is 13.2. The summed E-state index contributed by atoms with van der Waals surface area (Å²) in [6.45, 7) is 1.81. The van der Waals surface area contributed by atoms with Gasteiger partial charge >= 0.3 is 0 Å². The van der Waals surface area contributed by atoms with Crippen LogP contribution in [-0.2, 0) is 16.1 Å². The molecule has 1 N–H and O–H groups in total. The second-order valence-electron chi connectivity index (χ2n) is 5.46. The van der Waals surface area contributed by atoms with Gasteiger partial charge in [-0.1, -0.05) is 11.8 Å². The monoisotopic (exact) mass is 371 g/mol. The van der Waals surface area contributed by atoms with Crippen molar-refractivity contribution in [1.82, 2.24) is 5.32 Å². The second kappa shape index (κ2) is 7.45. The van der Waals surface area contributed by atoms with Gasteiger partial charge in [-0.25, -0.2) is 4.39 Å². The Bertz CT molecular complexity index is 901. The molecule has 1 aromatic carbocycles. The number of furan rings is 1. The van der Waals surface area contributed by atoms with Gasteiger partial charge in [0.15, 0.2) is 0 Å². The van der Waals surface area contributed by atoms with Crippen LogP contribution >= 0.6 is 11.8 Å². The van der Waals surface area contributed by atoms with Gasteiger partial charge in [-0.15, -0.1) is 0 Å². The topological polar surface area (TPSA) is 86.3 Å². The van der Waals surface area contributed by atoms with Crippen molar-refractivity contribution >= 4 is 29.3 Å². The number of amides is 2. The summed E-state index contributed by atoms with van der Waals surface area (Å²) in [6.07, 6.45) is 1.48. The van der Waals surface area contributed by atoms with Gasteiger partial charge in [0.1, 0.15) is 28.2 Å². The molecule has 3 rings (SSSR count). The molecule has 1 atom stereocenters. The fraction of sp³-hybridized carbons (Fsp3) is 0.167. The van der Waals surface area contributed by atoms with E-state index in [1.54, 1.807) is 19.1 Å². The van der Waals surface area contributed by atoms with Crippen molar-refractivity contribution in [2.24, 2.45) is 0 Å². The molecule has 1 saturated heterocycles. The molecule has 6 nitrogen and oxygen atoms in total. The van der Waals surface area contributed by atoms with Crippen LogP contribution in [0.15, 0.2) is 57.7 Å². The Morgan fingerprint density at radius 1 is 1.38 bits per heavy atom. The minimum atomic E-state index is -0.611. The maximum absolute atomic E-state index is 13.2. The van der Waals surface area contributed by atoms with Gasteiger partial charge in [0.2, 0.25) is 5.91 Å². The zero-order valence-electron chi connectivity index (χ0n) is 13.7. The molecule has 0 radical (unpaired) electrons. The molecular weight excluding hydrogens is 357 g/mol. The quantitative estimate of drug-likeness (QED) is 0.660. The first-order chi connectivity index (χ1) is 12.5. The SMILES string of the molecule is C[C@@H]1S/C(=C(/C#N)C(=O)NCc2ccco2)N(c2ccc(F)cc2)C1=O. The van der Waals surface area contributed by atoms with Crippen molar-refractivity contribution in [2.75, 3.05) is 4.90 Å². The molecule has 132 valence electrons. The van der Waals surface area contributed by atoms with Crippen molar-refractivity contribution in [2.45, 2.75) is 18.7 Å². The van der Waals surface area contributed by atoms with Crippen molar-refractivity contribution in [3.05, 3.63) is 64.8 Å². The summed E-state index contributed by atoms with van der Waals surface area (Å²) < 4.78 is 18.3. The lowest BCUT2D eigenvalue weighted by molar-refractivity contribution is -0.117. The van der Waals surface area contributed by atoms with Crippen LogP contribution in [0.4, 0.5) is 10.1 Å². The molecule has 2 amide bonds. The molecular formula is C18H14FN3O3S. The molecule has 26 heavy (non-hydrogen) atoms. The number of nitrogens with zero attached hydrogens (tertiary/aromatic N) is 2. The summed E-state index contributed by atoms with van der Waals surface area (Å²) in [6, 6.07) is 10.6. The highest BCUT2D eigenvalue weighted by Crippen LogP contribution is 2.40. The standard InChI is InChI=1S/C18H14FN3O3S/c1-11-17(24)22(13-6-4-12(19)5-7-13)18(26-11)15(9-20)16(23)21-10-14-3-2-8-25-14/h2-8,11H,10H2,1H3,(H,21,23)/b18-15-/t11-/m0/s1. The van der Waals surface area contributed by atoms with Crippen LogP contribution in [0.1, 0.15) is 12.7 Å². The molecule has 0 unspecified atom stereocenters. The van der Waals surface area contributed by atoms with Crippen LogP contribution in [0.3, 0.4) is 0 Å². The van der Waals surface area contributed by atoms with Gasteiger partial charge in [-0.2, -0.15) is 5.26 Å². The molecule has 1 aromatic heterocycles. The minimum absolute atomic E-state index is 0.120. The third kappa shape index (κ3) is 3.48. The van der Waals surface area contributed by atoms with E-state index in [1.165, 1.54) is 35.4 Å². The number of hydrogen-bond acceptors (Lipinski definition) is 5. The number of nitriles is 1. The zero-order chi connectivity index (χ0) is 18.7. The number of carbonyl (C=O) groups is 2. The van der Waals surface area contributed by atoms with Gasteiger partial charge in [0.05, 0.1) is 18.1 Å². The molecule has 0 bridgehead atoms. The Balaban J connectivity index is 1.92. The van der Waals surface area contributed by atoms with Crippen molar-refractivity contribution < 1.29 is 18.4 Å². The smallest absolute Gasteiger partial charge is 0.265 e. The van der Waals surface area contributed by atoms with Gasteiger partial charge in [0.25, 0.3) is 5.91 Å². The molecule has 8 heteroatoms. The van der Waals surface area contributed by atoms with E-state index in [0.29, 0.717) is 11.4 Å². The van der Waals surface area contributed by atoms with E-state index in [4.69, 9.17) is 4.42 Å². The lowest BCUT2D eigenvalue weighted by atomic mass is 10.2. The highest BCUT2D eigenvalue weighted by atomic mass is 32.2. The normalized spacial score (nSPS) is 18.6. The fourth-order valence-corrected chi connectivity index (χ4v) is 3.52. The summed E-state index contributed by atoms with van der Waals surface area (Å²) in [7, 11) is 0. The lowest BCUT2D eigenvalue weighted by Gasteiger charge is -2.18. The summed E-state index contributed by atoms with van der Waals surface area (Å²) >= 11 is 1.12. The molecule has 1 aliphatic rings. The molecule has 1 aliphatic heterocycles. The van der Waals surface area contributed by atoms with Crippen molar-refractivity contribution in [3.63, 3.8) is 0 Å². The predicted molar refractivity (Wildman–Crippen MR) is 94.1 cm³/mol. The third-order valence-corrected chi connectivity index (χ3v) is 4.87. The molecule has 0 aliphatic carbocycles. The Labute approximate surface area is 153 Å².